The fraction of sp³-hybridized carbons (Fsp3) is 0.455. The lowest BCUT2D eigenvalue weighted by Gasteiger charge is -2.12. The molecule has 1 aliphatic rings. The molecule has 1 fully saturated rings. The highest BCUT2D eigenvalue weighted by Gasteiger charge is 2.15. The molecule has 0 bridgehead atoms. The van der Waals surface area contributed by atoms with Gasteiger partial charge in [0.25, 0.3) is 0 Å². The van der Waals surface area contributed by atoms with E-state index in [4.69, 9.17) is 4.74 Å². The van der Waals surface area contributed by atoms with E-state index >= 15 is 0 Å². The monoisotopic (exact) mass is 195 g/mol. The Morgan fingerprint density at radius 1 is 1.50 bits per heavy atom. The van der Waals surface area contributed by atoms with Gasteiger partial charge in [-0.2, -0.15) is 0 Å². The van der Waals surface area contributed by atoms with E-state index in [1.54, 1.807) is 19.1 Å². The lowest BCUT2D eigenvalue weighted by molar-refractivity contribution is 0.222. The first kappa shape index (κ1) is 9.46. The van der Waals surface area contributed by atoms with Gasteiger partial charge in [-0.3, -0.25) is 0 Å². The average molecular weight is 195 g/mol. The molecule has 0 radical (unpaired) electrons. The maximum absolute atomic E-state index is 12.9. The van der Waals surface area contributed by atoms with E-state index in [0.717, 1.165) is 25.3 Å². The molecule has 0 aliphatic carbocycles. The molecule has 14 heavy (non-hydrogen) atoms. The lowest BCUT2D eigenvalue weighted by atomic mass is 10.2. The van der Waals surface area contributed by atoms with Gasteiger partial charge in [0.1, 0.15) is 17.7 Å². The minimum atomic E-state index is -0.179. The lowest BCUT2D eigenvalue weighted by Crippen LogP contribution is -2.19. The zero-order valence-corrected chi connectivity index (χ0v) is 8.22. The zero-order chi connectivity index (χ0) is 9.97. The summed E-state index contributed by atoms with van der Waals surface area (Å²) in [5, 5.41) is 3.22. The van der Waals surface area contributed by atoms with Crippen LogP contribution in [-0.4, -0.2) is 19.2 Å². The molecule has 0 aromatic heterocycles. The van der Waals surface area contributed by atoms with Gasteiger partial charge in [-0.1, -0.05) is 0 Å². The number of halogens is 1. The summed E-state index contributed by atoms with van der Waals surface area (Å²) in [7, 11) is 0. The van der Waals surface area contributed by atoms with Gasteiger partial charge in [-0.25, -0.2) is 4.39 Å². The van der Waals surface area contributed by atoms with Crippen LogP contribution >= 0.6 is 0 Å². The van der Waals surface area contributed by atoms with Gasteiger partial charge in [-0.15, -0.1) is 0 Å². The Labute approximate surface area is 83.1 Å². The summed E-state index contributed by atoms with van der Waals surface area (Å²) < 4.78 is 18.6. The van der Waals surface area contributed by atoms with Crippen LogP contribution in [0.15, 0.2) is 18.2 Å². The van der Waals surface area contributed by atoms with Gasteiger partial charge < -0.3 is 10.1 Å². The van der Waals surface area contributed by atoms with Gasteiger partial charge in [0.2, 0.25) is 0 Å². The first-order valence-corrected chi connectivity index (χ1v) is 4.89. The molecule has 1 aliphatic heterocycles. The SMILES string of the molecule is Cc1cc(O[C@@H]2CCNC2)ccc1F. The van der Waals surface area contributed by atoms with Crippen LogP contribution in [0.1, 0.15) is 12.0 Å². The van der Waals surface area contributed by atoms with E-state index in [1.165, 1.54) is 6.07 Å². The van der Waals surface area contributed by atoms with Gasteiger partial charge in [0, 0.05) is 6.54 Å². The van der Waals surface area contributed by atoms with Gasteiger partial charge >= 0.3 is 0 Å². The van der Waals surface area contributed by atoms with Crippen molar-refractivity contribution in [3.63, 3.8) is 0 Å². The minimum absolute atomic E-state index is 0.179. The van der Waals surface area contributed by atoms with E-state index < -0.39 is 0 Å². The number of hydrogen-bond acceptors (Lipinski definition) is 2. The highest BCUT2D eigenvalue weighted by molar-refractivity contribution is 5.29. The molecule has 0 unspecified atom stereocenters. The van der Waals surface area contributed by atoms with E-state index in [-0.39, 0.29) is 11.9 Å². The van der Waals surface area contributed by atoms with E-state index in [2.05, 4.69) is 5.32 Å². The number of aryl methyl sites for hydroxylation is 1. The van der Waals surface area contributed by atoms with Crippen molar-refractivity contribution in [2.45, 2.75) is 19.4 Å². The van der Waals surface area contributed by atoms with E-state index in [9.17, 15) is 4.39 Å². The molecule has 0 spiro atoms. The Bertz CT molecular complexity index is 321. The van der Waals surface area contributed by atoms with Crippen LogP contribution < -0.4 is 10.1 Å². The summed E-state index contributed by atoms with van der Waals surface area (Å²) in [6, 6.07) is 4.88. The Morgan fingerprint density at radius 3 is 3.00 bits per heavy atom. The molecule has 1 aromatic carbocycles. The zero-order valence-electron chi connectivity index (χ0n) is 8.22. The molecule has 0 amide bonds. The van der Waals surface area contributed by atoms with E-state index in [1.807, 2.05) is 0 Å². The van der Waals surface area contributed by atoms with Crippen molar-refractivity contribution in [3.8, 4) is 5.75 Å². The molecule has 2 rings (SSSR count). The second kappa shape index (κ2) is 3.96. The normalized spacial score (nSPS) is 21.1. The van der Waals surface area contributed by atoms with Crippen LogP contribution in [0.3, 0.4) is 0 Å². The van der Waals surface area contributed by atoms with Crippen LogP contribution in [0.5, 0.6) is 5.75 Å². The number of nitrogens with one attached hydrogen (secondary N) is 1. The summed E-state index contributed by atoms with van der Waals surface area (Å²) >= 11 is 0. The third-order valence-corrected chi connectivity index (χ3v) is 2.45. The van der Waals surface area contributed by atoms with Crippen molar-refractivity contribution in [2.75, 3.05) is 13.1 Å². The molecular weight excluding hydrogens is 181 g/mol. The fourth-order valence-corrected chi connectivity index (χ4v) is 1.61. The van der Waals surface area contributed by atoms with Gasteiger partial charge in [0.15, 0.2) is 0 Å². The molecule has 76 valence electrons. The molecule has 1 saturated heterocycles. The Kier molecular flexibility index (Phi) is 2.68. The highest BCUT2D eigenvalue weighted by atomic mass is 19.1. The Morgan fingerprint density at radius 2 is 2.36 bits per heavy atom. The number of rotatable bonds is 2. The highest BCUT2D eigenvalue weighted by Crippen LogP contribution is 2.18. The van der Waals surface area contributed by atoms with Crippen molar-refractivity contribution >= 4 is 0 Å². The summed E-state index contributed by atoms with van der Waals surface area (Å²) in [5.41, 5.74) is 0.633. The molecule has 3 heteroatoms. The molecule has 0 saturated carbocycles. The van der Waals surface area contributed by atoms with Crippen molar-refractivity contribution in [2.24, 2.45) is 0 Å². The van der Waals surface area contributed by atoms with Crippen LogP contribution in [0, 0.1) is 12.7 Å². The molecule has 1 N–H and O–H groups in total. The summed E-state index contributed by atoms with van der Waals surface area (Å²) in [5.74, 6) is 0.583. The van der Waals surface area contributed by atoms with Gasteiger partial charge in [-0.05, 0) is 43.7 Å². The number of ether oxygens (including phenoxy) is 1. The first-order valence-electron chi connectivity index (χ1n) is 4.89. The van der Waals surface area contributed by atoms with Crippen molar-refractivity contribution < 1.29 is 9.13 Å². The van der Waals surface area contributed by atoms with Crippen molar-refractivity contribution in [3.05, 3.63) is 29.6 Å². The average Bonchev–Trinajstić information content (AvgIpc) is 2.64. The smallest absolute Gasteiger partial charge is 0.126 e. The summed E-state index contributed by atoms with van der Waals surface area (Å²) in [4.78, 5) is 0. The molecule has 2 nitrogen and oxygen atoms in total. The third-order valence-electron chi connectivity index (χ3n) is 2.45. The van der Waals surface area contributed by atoms with Crippen LogP contribution in [0.25, 0.3) is 0 Å². The largest absolute Gasteiger partial charge is 0.489 e. The van der Waals surface area contributed by atoms with Crippen LogP contribution in [0.2, 0.25) is 0 Å². The summed E-state index contributed by atoms with van der Waals surface area (Å²) in [6.45, 7) is 3.64. The fourth-order valence-electron chi connectivity index (χ4n) is 1.61. The second-order valence-electron chi connectivity index (χ2n) is 3.64. The third kappa shape index (κ3) is 2.04. The van der Waals surface area contributed by atoms with Crippen LogP contribution in [0.4, 0.5) is 4.39 Å². The molecule has 1 heterocycles. The predicted molar refractivity (Wildman–Crippen MR) is 53.0 cm³/mol. The maximum atomic E-state index is 12.9. The molecular formula is C11H14FNO. The molecule has 1 aromatic rings. The summed E-state index contributed by atoms with van der Waals surface area (Å²) in [6.07, 6.45) is 1.26. The Hall–Kier alpha value is -1.09. The first-order chi connectivity index (χ1) is 6.75. The minimum Gasteiger partial charge on any atom is -0.489 e. The standard InChI is InChI=1S/C11H14FNO/c1-8-6-9(2-3-11(8)12)14-10-4-5-13-7-10/h2-3,6,10,13H,4-5,7H2,1H3/t10-/m1/s1. The maximum Gasteiger partial charge on any atom is 0.126 e. The van der Waals surface area contributed by atoms with E-state index in [0.29, 0.717) is 5.56 Å². The van der Waals surface area contributed by atoms with Crippen molar-refractivity contribution in [1.29, 1.82) is 0 Å². The topological polar surface area (TPSA) is 21.3 Å². The number of hydrogen-bond donors (Lipinski definition) is 1. The molecule has 1 atom stereocenters. The second-order valence-corrected chi connectivity index (χ2v) is 3.64. The quantitative estimate of drug-likeness (QED) is 0.778. The predicted octanol–water partition coefficient (Wildman–Crippen LogP) is 1.87. The van der Waals surface area contributed by atoms with Crippen molar-refractivity contribution in [1.82, 2.24) is 5.32 Å². The Balaban J connectivity index is 2.05. The van der Waals surface area contributed by atoms with Gasteiger partial charge in [0.05, 0.1) is 0 Å². The van der Waals surface area contributed by atoms with Crippen LogP contribution in [-0.2, 0) is 0 Å². The number of benzene rings is 1.